The minimum Gasteiger partial charge on any atom is -0.784 e. The highest BCUT2D eigenvalue weighted by molar-refractivity contribution is 5.95. The minimum atomic E-state index is -1.39. The van der Waals surface area contributed by atoms with Crippen LogP contribution in [0, 0.1) is 23.8 Å². The molecular weight excluding hydrogens is 570 g/mol. The van der Waals surface area contributed by atoms with E-state index in [1.807, 2.05) is 37.3 Å². The predicted molar refractivity (Wildman–Crippen MR) is 161 cm³/mol. The SMILES string of the molecule is Cc1ccc(C(=O)NCc2ccccc2)cc1-c1nc(NCCN(C)C(=O)O)nc2c1CCN([O-])C2c1c(F)cccc1F. The quantitative estimate of drug-likeness (QED) is 0.241. The molecule has 0 aliphatic carbocycles. The Kier molecular flexibility index (Phi) is 9.12. The molecule has 2 amide bonds. The number of hydroxylamine groups is 2. The molecule has 1 atom stereocenters. The molecule has 44 heavy (non-hydrogen) atoms. The fraction of sp³-hybridized carbons (Fsp3) is 0.250. The standard InChI is InChI=1S/C32H31F2N6O4/c1-19-11-12-21(30(41)36-18-20-7-4-3-5-8-20)17-23(19)27-22-13-15-40(44)29(26-24(33)9-6-10-25(26)34)28(22)38-31(37-27)35-14-16-39(2)32(42)43/h3-12,17,29H,13-16,18H2,1-2H3,(H,36,41)(H,42,43)(H,35,37,38)/q-1. The number of carbonyl (C=O) groups is 2. The van der Waals surface area contributed by atoms with E-state index < -0.39 is 29.3 Å². The summed E-state index contributed by atoms with van der Waals surface area (Å²) in [6.45, 7) is 2.34. The lowest BCUT2D eigenvalue weighted by Crippen LogP contribution is -2.35. The number of fused-ring (bicyclic) bond motifs is 1. The second kappa shape index (κ2) is 13.1. The van der Waals surface area contributed by atoms with Crippen molar-refractivity contribution in [3.63, 3.8) is 0 Å². The summed E-state index contributed by atoms with van der Waals surface area (Å²) in [6, 6.07) is 16.7. The van der Waals surface area contributed by atoms with Crippen molar-refractivity contribution in [2.24, 2.45) is 0 Å². The molecule has 0 spiro atoms. The van der Waals surface area contributed by atoms with Crippen LogP contribution in [0.5, 0.6) is 0 Å². The Morgan fingerprint density at radius 3 is 2.50 bits per heavy atom. The monoisotopic (exact) mass is 601 g/mol. The molecule has 5 rings (SSSR count). The molecule has 1 aliphatic heterocycles. The van der Waals surface area contributed by atoms with E-state index in [1.165, 1.54) is 13.1 Å². The molecule has 3 aromatic carbocycles. The lowest BCUT2D eigenvalue weighted by Gasteiger charge is -2.42. The second-order valence-electron chi connectivity index (χ2n) is 10.5. The summed E-state index contributed by atoms with van der Waals surface area (Å²) < 4.78 is 30.0. The summed E-state index contributed by atoms with van der Waals surface area (Å²) >= 11 is 0. The number of carboxylic acid groups (broad SMARTS) is 1. The average molecular weight is 602 g/mol. The number of aryl methyl sites for hydroxylation is 1. The summed E-state index contributed by atoms with van der Waals surface area (Å²) in [6.07, 6.45) is -0.916. The number of carbonyl (C=O) groups excluding carboxylic acids is 1. The van der Waals surface area contributed by atoms with Crippen LogP contribution in [-0.4, -0.2) is 63.7 Å². The summed E-state index contributed by atoms with van der Waals surface area (Å²) in [4.78, 5) is 34.7. The number of rotatable bonds is 9. The first-order chi connectivity index (χ1) is 21.1. The van der Waals surface area contributed by atoms with Crippen LogP contribution in [0.1, 0.15) is 44.3 Å². The molecule has 0 saturated heterocycles. The molecule has 0 bridgehead atoms. The van der Waals surface area contributed by atoms with Gasteiger partial charge < -0.3 is 30.9 Å². The number of hydrogen-bond acceptors (Lipinski definition) is 7. The number of likely N-dealkylation sites (N-methyl/N-ethyl adjacent to an activating group) is 1. The van der Waals surface area contributed by atoms with Gasteiger partial charge in [0.15, 0.2) is 0 Å². The number of anilines is 1. The topological polar surface area (TPSA) is 134 Å². The highest BCUT2D eigenvalue weighted by Gasteiger charge is 2.33. The fourth-order valence-corrected chi connectivity index (χ4v) is 5.15. The van der Waals surface area contributed by atoms with Crippen LogP contribution in [0.4, 0.5) is 19.5 Å². The molecule has 1 aromatic heterocycles. The highest BCUT2D eigenvalue weighted by atomic mass is 19.1. The number of benzene rings is 3. The molecule has 4 aromatic rings. The van der Waals surface area contributed by atoms with Gasteiger partial charge in [0, 0.05) is 48.9 Å². The van der Waals surface area contributed by atoms with Gasteiger partial charge in [-0.2, -0.15) is 0 Å². The fourth-order valence-electron chi connectivity index (χ4n) is 5.15. The number of aromatic nitrogens is 2. The normalized spacial score (nSPS) is 14.5. The van der Waals surface area contributed by atoms with Crippen molar-refractivity contribution in [2.45, 2.75) is 25.9 Å². The molecule has 3 N–H and O–H groups in total. The van der Waals surface area contributed by atoms with E-state index >= 15 is 8.78 Å². The van der Waals surface area contributed by atoms with Gasteiger partial charge in [0.25, 0.3) is 5.91 Å². The van der Waals surface area contributed by atoms with Crippen LogP contribution >= 0.6 is 0 Å². The van der Waals surface area contributed by atoms with Crippen LogP contribution in [-0.2, 0) is 13.0 Å². The van der Waals surface area contributed by atoms with Gasteiger partial charge in [-0.05, 0) is 55.3 Å². The maximum atomic E-state index is 15.0. The summed E-state index contributed by atoms with van der Waals surface area (Å²) in [5.41, 5.74) is 3.34. The lowest BCUT2D eigenvalue weighted by molar-refractivity contribution is 0.0951. The first kappa shape index (κ1) is 30.5. The average Bonchev–Trinajstić information content (AvgIpc) is 3.01. The predicted octanol–water partition coefficient (Wildman–Crippen LogP) is 5.13. The summed E-state index contributed by atoms with van der Waals surface area (Å²) in [5.74, 6) is -2.01. The molecule has 0 radical (unpaired) electrons. The van der Waals surface area contributed by atoms with Crippen molar-refractivity contribution in [2.75, 3.05) is 32.0 Å². The van der Waals surface area contributed by atoms with Crippen LogP contribution < -0.4 is 10.6 Å². The number of amides is 2. The van der Waals surface area contributed by atoms with Gasteiger partial charge in [0.1, 0.15) is 11.6 Å². The molecule has 1 aliphatic rings. The van der Waals surface area contributed by atoms with Crippen molar-refractivity contribution in [1.29, 1.82) is 0 Å². The second-order valence-corrected chi connectivity index (χ2v) is 10.5. The zero-order valence-electron chi connectivity index (χ0n) is 24.2. The Morgan fingerprint density at radius 1 is 1.07 bits per heavy atom. The number of nitrogens with zero attached hydrogens (tertiary/aromatic N) is 4. The lowest BCUT2D eigenvalue weighted by atomic mass is 9.89. The zero-order chi connectivity index (χ0) is 31.4. The molecule has 10 nitrogen and oxygen atoms in total. The van der Waals surface area contributed by atoms with Gasteiger partial charge in [0.05, 0.1) is 17.4 Å². The van der Waals surface area contributed by atoms with Crippen molar-refractivity contribution in [3.05, 3.63) is 117 Å². The summed E-state index contributed by atoms with van der Waals surface area (Å²) in [7, 11) is 1.41. The molecule has 0 saturated carbocycles. The Balaban J connectivity index is 1.58. The maximum Gasteiger partial charge on any atom is 0.407 e. The van der Waals surface area contributed by atoms with E-state index in [4.69, 9.17) is 4.98 Å². The van der Waals surface area contributed by atoms with Gasteiger partial charge in [-0.1, -0.05) is 42.5 Å². The van der Waals surface area contributed by atoms with Crippen LogP contribution in [0.25, 0.3) is 11.3 Å². The van der Waals surface area contributed by atoms with Crippen molar-refractivity contribution < 1.29 is 23.5 Å². The van der Waals surface area contributed by atoms with E-state index in [9.17, 15) is 19.9 Å². The third-order valence-electron chi connectivity index (χ3n) is 7.55. The van der Waals surface area contributed by atoms with E-state index in [-0.39, 0.29) is 43.6 Å². The third kappa shape index (κ3) is 6.51. The molecule has 2 heterocycles. The van der Waals surface area contributed by atoms with Gasteiger partial charge in [-0.25, -0.2) is 23.5 Å². The highest BCUT2D eigenvalue weighted by Crippen LogP contribution is 2.40. The van der Waals surface area contributed by atoms with E-state index in [2.05, 4.69) is 15.6 Å². The van der Waals surface area contributed by atoms with E-state index in [0.717, 1.165) is 28.2 Å². The molecule has 12 heteroatoms. The largest absolute Gasteiger partial charge is 0.784 e. The Hall–Kier alpha value is -4.94. The van der Waals surface area contributed by atoms with Crippen molar-refractivity contribution >= 4 is 17.9 Å². The zero-order valence-corrected chi connectivity index (χ0v) is 24.2. The smallest absolute Gasteiger partial charge is 0.407 e. The van der Waals surface area contributed by atoms with Gasteiger partial charge in [-0.15, -0.1) is 0 Å². The first-order valence-electron chi connectivity index (χ1n) is 14.0. The Morgan fingerprint density at radius 2 is 1.80 bits per heavy atom. The third-order valence-corrected chi connectivity index (χ3v) is 7.55. The number of halogens is 2. The Labute approximate surface area is 253 Å². The molecule has 228 valence electrons. The molecular formula is C32H31F2N6O4-. The number of hydrogen-bond donors (Lipinski definition) is 3. The first-order valence-corrected chi connectivity index (χ1v) is 14.0. The molecule has 1 unspecified atom stereocenters. The van der Waals surface area contributed by atoms with Crippen LogP contribution in [0.15, 0.2) is 66.7 Å². The van der Waals surface area contributed by atoms with E-state index in [0.29, 0.717) is 34.0 Å². The van der Waals surface area contributed by atoms with E-state index in [1.54, 1.807) is 18.2 Å². The van der Waals surface area contributed by atoms with Crippen molar-refractivity contribution in [1.82, 2.24) is 25.2 Å². The van der Waals surface area contributed by atoms with Crippen molar-refractivity contribution in [3.8, 4) is 11.3 Å². The van der Waals surface area contributed by atoms with Gasteiger partial charge in [-0.3, -0.25) is 4.79 Å². The van der Waals surface area contributed by atoms with Crippen LogP contribution in [0.3, 0.4) is 0 Å². The minimum absolute atomic E-state index is 0.0490. The van der Waals surface area contributed by atoms with Gasteiger partial charge in [0.2, 0.25) is 5.95 Å². The van der Waals surface area contributed by atoms with Crippen LogP contribution in [0.2, 0.25) is 0 Å². The maximum absolute atomic E-state index is 15.0. The summed E-state index contributed by atoms with van der Waals surface area (Å²) in [5, 5.41) is 28.9. The Bertz CT molecular complexity index is 1670. The number of nitrogens with one attached hydrogen (secondary N) is 2. The van der Waals surface area contributed by atoms with Gasteiger partial charge >= 0.3 is 6.09 Å². The molecule has 0 fully saturated rings.